The Morgan fingerprint density at radius 1 is 1.12 bits per heavy atom. The zero-order chi connectivity index (χ0) is 22.8. The van der Waals surface area contributed by atoms with Crippen molar-refractivity contribution in [3.05, 3.63) is 29.3 Å². The molecule has 0 radical (unpaired) electrons. The summed E-state index contributed by atoms with van der Waals surface area (Å²) in [6.45, 7) is 2.96. The highest BCUT2D eigenvalue weighted by Crippen LogP contribution is 2.69. The standard InChI is InChI=1S/C25H30FN3O4/c26-25-12-24(13-25,14-25)15-28-8-2-1-3-17(28)11-33-18-4-5-19-16(9-18)10-29(23(19)32)20-6-7-21(30)27-22(20)31/h4-5,9,17,20H,1-3,6-8,10-15H2,(H,27,30,31). The molecule has 7 rings (SSSR count). The van der Waals surface area contributed by atoms with E-state index in [0.717, 1.165) is 50.1 Å². The van der Waals surface area contributed by atoms with Gasteiger partial charge in [-0.3, -0.25) is 24.6 Å². The number of ether oxygens (including phenoxy) is 1. The van der Waals surface area contributed by atoms with Crippen LogP contribution in [0.5, 0.6) is 5.75 Å². The number of carbonyl (C=O) groups excluding carboxylic acids is 3. The largest absolute Gasteiger partial charge is 0.492 e. The molecule has 2 atom stereocenters. The molecule has 1 aromatic carbocycles. The number of carbonyl (C=O) groups is 3. The van der Waals surface area contributed by atoms with Gasteiger partial charge in [-0.15, -0.1) is 0 Å². The van der Waals surface area contributed by atoms with E-state index in [1.54, 1.807) is 11.0 Å². The van der Waals surface area contributed by atoms with Crippen LogP contribution < -0.4 is 10.1 Å². The fraction of sp³-hybridized carbons (Fsp3) is 0.640. The minimum absolute atomic E-state index is 0.173. The molecule has 2 bridgehead atoms. The van der Waals surface area contributed by atoms with Crippen LogP contribution in [0.25, 0.3) is 0 Å². The Bertz CT molecular complexity index is 1010. The lowest BCUT2D eigenvalue weighted by Crippen LogP contribution is -2.68. The second-order valence-corrected chi connectivity index (χ2v) is 10.8. The third-order valence-electron chi connectivity index (χ3n) is 8.30. The van der Waals surface area contributed by atoms with Gasteiger partial charge in [0.05, 0.1) is 0 Å². The molecule has 6 aliphatic rings. The summed E-state index contributed by atoms with van der Waals surface area (Å²) in [7, 11) is 0. The first kappa shape index (κ1) is 21.1. The minimum Gasteiger partial charge on any atom is -0.492 e. The fourth-order valence-corrected chi connectivity index (χ4v) is 6.75. The lowest BCUT2D eigenvalue weighted by molar-refractivity contribution is -0.225. The summed E-state index contributed by atoms with van der Waals surface area (Å²) in [5.41, 5.74) is 0.795. The number of piperidine rings is 2. The Morgan fingerprint density at radius 2 is 1.94 bits per heavy atom. The average Bonchev–Trinajstić information content (AvgIpc) is 3.07. The molecule has 2 unspecified atom stereocenters. The number of hydrogen-bond donors (Lipinski definition) is 1. The number of alkyl halides is 1. The van der Waals surface area contributed by atoms with Crippen molar-refractivity contribution in [2.75, 3.05) is 19.7 Å². The first-order valence-electron chi connectivity index (χ1n) is 12.2. The van der Waals surface area contributed by atoms with E-state index in [1.807, 2.05) is 12.1 Å². The molecule has 176 valence electrons. The van der Waals surface area contributed by atoms with Gasteiger partial charge in [-0.2, -0.15) is 0 Å². The first-order valence-corrected chi connectivity index (χ1v) is 12.2. The second kappa shape index (κ2) is 7.52. The number of amides is 3. The van der Waals surface area contributed by atoms with Gasteiger partial charge in [-0.05, 0) is 74.2 Å². The Kier molecular flexibility index (Phi) is 4.80. The van der Waals surface area contributed by atoms with Gasteiger partial charge in [-0.25, -0.2) is 4.39 Å². The zero-order valence-electron chi connectivity index (χ0n) is 18.8. The molecule has 33 heavy (non-hydrogen) atoms. The molecule has 3 aliphatic carbocycles. The Balaban J connectivity index is 1.09. The highest BCUT2D eigenvalue weighted by Gasteiger charge is 2.69. The second-order valence-electron chi connectivity index (χ2n) is 10.8. The Labute approximate surface area is 192 Å². The van der Waals surface area contributed by atoms with Crippen molar-refractivity contribution in [3.8, 4) is 5.75 Å². The number of nitrogens with one attached hydrogen (secondary N) is 1. The van der Waals surface area contributed by atoms with Crippen LogP contribution in [0.15, 0.2) is 18.2 Å². The summed E-state index contributed by atoms with van der Waals surface area (Å²) in [5.74, 6) is -0.131. The molecule has 1 aromatic rings. The fourth-order valence-electron chi connectivity index (χ4n) is 6.75. The van der Waals surface area contributed by atoms with Crippen LogP contribution in [0.3, 0.4) is 0 Å². The molecule has 8 heteroatoms. The zero-order valence-corrected chi connectivity index (χ0v) is 18.8. The van der Waals surface area contributed by atoms with Gasteiger partial charge in [0, 0.05) is 31.1 Å². The predicted octanol–water partition coefficient (Wildman–Crippen LogP) is 2.57. The summed E-state index contributed by atoms with van der Waals surface area (Å²) in [5, 5.41) is 2.33. The minimum atomic E-state index is -0.856. The van der Waals surface area contributed by atoms with Gasteiger partial charge in [0.25, 0.3) is 5.91 Å². The molecule has 1 N–H and O–H groups in total. The lowest BCUT2D eigenvalue weighted by Gasteiger charge is -2.67. The smallest absolute Gasteiger partial charge is 0.255 e. The molecule has 3 amide bonds. The van der Waals surface area contributed by atoms with Crippen molar-refractivity contribution in [1.29, 1.82) is 0 Å². The Hall–Kier alpha value is -2.48. The van der Waals surface area contributed by atoms with Gasteiger partial charge < -0.3 is 9.64 Å². The van der Waals surface area contributed by atoms with Crippen LogP contribution in [0.4, 0.5) is 4.39 Å². The van der Waals surface area contributed by atoms with E-state index in [9.17, 15) is 18.8 Å². The number of likely N-dealkylation sites (tertiary alicyclic amines) is 1. The maximum Gasteiger partial charge on any atom is 0.255 e. The number of halogens is 1. The normalized spacial score (nSPS) is 35.5. The van der Waals surface area contributed by atoms with Crippen LogP contribution in [0.1, 0.15) is 67.3 Å². The van der Waals surface area contributed by atoms with Crippen LogP contribution in [0.2, 0.25) is 0 Å². The molecule has 0 spiro atoms. The monoisotopic (exact) mass is 455 g/mol. The summed E-state index contributed by atoms with van der Waals surface area (Å²) < 4.78 is 20.1. The van der Waals surface area contributed by atoms with Crippen molar-refractivity contribution in [1.82, 2.24) is 15.1 Å². The summed E-state index contributed by atoms with van der Waals surface area (Å²) >= 11 is 0. The molecular weight excluding hydrogens is 425 g/mol. The van der Waals surface area contributed by atoms with Crippen LogP contribution in [0, 0.1) is 5.41 Å². The van der Waals surface area contributed by atoms with E-state index in [4.69, 9.17) is 4.74 Å². The Morgan fingerprint density at radius 3 is 2.70 bits per heavy atom. The summed E-state index contributed by atoms with van der Waals surface area (Å²) in [4.78, 5) is 40.6. The highest BCUT2D eigenvalue weighted by molar-refractivity contribution is 6.05. The molecule has 0 aromatic heterocycles. The maximum absolute atomic E-state index is 14.0. The van der Waals surface area contributed by atoms with Crippen LogP contribution >= 0.6 is 0 Å². The number of benzene rings is 1. The lowest BCUT2D eigenvalue weighted by atomic mass is 9.42. The highest BCUT2D eigenvalue weighted by atomic mass is 19.1. The van der Waals surface area contributed by atoms with E-state index < -0.39 is 17.6 Å². The van der Waals surface area contributed by atoms with Crippen molar-refractivity contribution >= 4 is 17.7 Å². The third kappa shape index (κ3) is 3.63. The van der Waals surface area contributed by atoms with E-state index in [-0.39, 0.29) is 23.7 Å². The molecular formula is C25H30FN3O4. The quantitative estimate of drug-likeness (QED) is 0.667. The first-order chi connectivity index (χ1) is 15.8. The maximum atomic E-state index is 14.0. The van der Waals surface area contributed by atoms with Gasteiger partial charge in [0.2, 0.25) is 11.8 Å². The van der Waals surface area contributed by atoms with Crippen molar-refractivity contribution in [2.24, 2.45) is 5.41 Å². The summed E-state index contributed by atoms with van der Waals surface area (Å²) in [6.07, 6.45) is 6.25. The summed E-state index contributed by atoms with van der Waals surface area (Å²) in [6, 6.07) is 5.23. The van der Waals surface area contributed by atoms with Crippen molar-refractivity contribution in [3.63, 3.8) is 0 Å². The average molecular weight is 456 g/mol. The van der Waals surface area contributed by atoms with E-state index in [0.29, 0.717) is 31.2 Å². The molecule has 3 aliphatic heterocycles. The molecule has 5 fully saturated rings. The molecule has 7 nitrogen and oxygen atoms in total. The SMILES string of the molecule is O=C1CCC(N2Cc3cc(OCC4CCCCN4CC45CC(F)(C4)C5)ccc3C2=O)C(=O)N1. The number of fused-ring (bicyclic) bond motifs is 1. The van der Waals surface area contributed by atoms with Gasteiger partial charge in [0.1, 0.15) is 24.1 Å². The topological polar surface area (TPSA) is 79.0 Å². The van der Waals surface area contributed by atoms with E-state index in [2.05, 4.69) is 10.2 Å². The molecule has 3 heterocycles. The predicted molar refractivity (Wildman–Crippen MR) is 117 cm³/mol. The van der Waals surface area contributed by atoms with E-state index >= 15 is 0 Å². The number of imide groups is 1. The third-order valence-corrected chi connectivity index (χ3v) is 8.30. The number of rotatable bonds is 6. The van der Waals surface area contributed by atoms with Gasteiger partial charge >= 0.3 is 0 Å². The van der Waals surface area contributed by atoms with Gasteiger partial charge in [0.15, 0.2) is 0 Å². The molecule has 3 saturated carbocycles. The van der Waals surface area contributed by atoms with Gasteiger partial charge in [-0.1, -0.05) is 6.42 Å². The number of hydrogen-bond acceptors (Lipinski definition) is 5. The molecule has 2 saturated heterocycles. The van der Waals surface area contributed by atoms with E-state index in [1.165, 1.54) is 12.8 Å². The van der Waals surface area contributed by atoms with Crippen molar-refractivity contribution < 1.29 is 23.5 Å². The number of nitrogens with zero attached hydrogens (tertiary/aromatic N) is 2. The van der Waals surface area contributed by atoms with Crippen molar-refractivity contribution in [2.45, 2.75) is 75.7 Å². The van der Waals surface area contributed by atoms with Crippen LogP contribution in [-0.2, 0) is 16.1 Å². The van der Waals surface area contributed by atoms with Crippen LogP contribution in [-0.4, -0.2) is 65.0 Å².